The molecule has 100 valence electrons. The minimum atomic E-state index is -0.860. The van der Waals surface area contributed by atoms with Crippen LogP contribution in [0, 0.1) is 0 Å². The molecule has 4 nitrogen and oxygen atoms in total. The Kier molecular flexibility index (Phi) is 4.73. The maximum atomic E-state index is 11.1. The molecule has 2 unspecified atom stereocenters. The highest BCUT2D eigenvalue weighted by atomic mass is 16.5. The normalized spacial score (nSPS) is 15.8. The lowest BCUT2D eigenvalue weighted by Gasteiger charge is -2.34. The van der Waals surface area contributed by atoms with Gasteiger partial charge in [0.15, 0.2) is 0 Å². The summed E-state index contributed by atoms with van der Waals surface area (Å²) in [4.78, 5) is 11.1. The average Bonchev–Trinajstić information content (AvgIpc) is 2.28. The van der Waals surface area contributed by atoms with Gasteiger partial charge in [-0.1, -0.05) is 25.1 Å². The molecule has 1 aromatic carbocycles. The number of carbonyl (C=O) groups is 1. The van der Waals surface area contributed by atoms with Crippen molar-refractivity contribution in [2.75, 3.05) is 6.61 Å². The van der Waals surface area contributed by atoms with Crippen LogP contribution in [0.15, 0.2) is 24.3 Å². The van der Waals surface area contributed by atoms with Crippen molar-refractivity contribution in [2.45, 2.75) is 38.6 Å². The third kappa shape index (κ3) is 3.01. The largest absolute Gasteiger partial charge is 0.494 e. The molecule has 0 fully saturated rings. The van der Waals surface area contributed by atoms with Crippen LogP contribution in [0.2, 0.25) is 0 Å². The van der Waals surface area contributed by atoms with Crippen molar-refractivity contribution >= 4 is 5.97 Å². The van der Waals surface area contributed by atoms with E-state index in [1.54, 1.807) is 0 Å². The summed E-state index contributed by atoms with van der Waals surface area (Å²) in [5, 5.41) is 9.08. The van der Waals surface area contributed by atoms with Gasteiger partial charge in [-0.2, -0.15) is 0 Å². The third-order valence-corrected chi connectivity index (χ3v) is 3.33. The zero-order valence-electron chi connectivity index (χ0n) is 11.1. The number of aliphatic carboxylic acids is 1. The molecule has 18 heavy (non-hydrogen) atoms. The van der Waals surface area contributed by atoms with Crippen molar-refractivity contribution in [1.82, 2.24) is 0 Å². The van der Waals surface area contributed by atoms with Gasteiger partial charge in [0, 0.05) is 17.0 Å². The summed E-state index contributed by atoms with van der Waals surface area (Å²) in [6.07, 6.45) is -0.0191. The van der Waals surface area contributed by atoms with Gasteiger partial charge >= 0.3 is 5.97 Å². The predicted octanol–water partition coefficient (Wildman–Crippen LogP) is 2.16. The maximum Gasteiger partial charge on any atom is 0.304 e. The van der Waals surface area contributed by atoms with E-state index in [1.807, 2.05) is 45.0 Å². The summed E-state index contributed by atoms with van der Waals surface area (Å²) in [6, 6.07) is 7.20. The zero-order valence-corrected chi connectivity index (χ0v) is 11.1. The molecule has 0 saturated carbocycles. The molecule has 1 rings (SSSR count). The summed E-state index contributed by atoms with van der Waals surface area (Å²) in [7, 11) is 0. The van der Waals surface area contributed by atoms with Crippen molar-refractivity contribution < 1.29 is 14.6 Å². The highest BCUT2D eigenvalue weighted by Crippen LogP contribution is 2.36. The van der Waals surface area contributed by atoms with Gasteiger partial charge in [0.2, 0.25) is 0 Å². The fraction of sp³-hybridized carbons (Fsp3) is 0.500. The number of ether oxygens (including phenoxy) is 1. The molecule has 2 atom stereocenters. The standard InChI is InChI=1S/C14H21NO3/c1-4-18-12-8-6-5-7-11(12)14(3,10(2)15)9-13(16)17/h5-8,10H,4,9,15H2,1-3H3,(H,16,17). The van der Waals surface area contributed by atoms with Crippen LogP contribution in [0.3, 0.4) is 0 Å². The van der Waals surface area contributed by atoms with Gasteiger partial charge in [-0.25, -0.2) is 0 Å². The smallest absolute Gasteiger partial charge is 0.304 e. The first-order valence-electron chi connectivity index (χ1n) is 6.11. The van der Waals surface area contributed by atoms with Gasteiger partial charge in [0.1, 0.15) is 5.75 Å². The van der Waals surface area contributed by atoms with Crippen LogP contribution in [-0.4, -0.2) is 23.7 Å². The lowest BCUT2D eigenvalue weighted by Crippen LogP contribution is -2.43. The Morgan fingerprint density at radius 2 is 2.11 bits per heavy atom. The molecule has 0 saturated heterocycles. The molecule has 3 N–H and O–H groups in total. The molecule has 0 amide bonds. The first kappa shape index (κ1) is 14.5. The van der Waals surface area contributed by atoms with E-state index < -0.39 is 11.4 Å². The monoisotopic (exact) mass is 251 g/mol. The lowest BCUT2D eigenvalue weighted by atomic mass is 9.74. The second kappa shape index (κ2) is 5.87. The number of benzene rings is 1. The lowest BCUT2D eigenvalue weighted by molar-refractivity contribution is -0.138. The molecule has 0 bridgehead atoms. The van der Waals surface area contributed by atoms with Gasteiger partial charge in [-0.3, -0.25) is 4.79 Å². The molecule has 0 heterocycles. The van der Waals surface area contributed by atoms with E-state index in [4.69, 9.17) is 15.6 Å². The number of hydrogen-bond donors (Lipinski definition) is 2. The Labute approximate surface area is 108 Å². The van der Waals surface area contributed by atoms with Crippen LogP contribution < -0.4 is 10.5 Å². The molecule has 4 heteroatoms. The Balaban J connectivity index is 3.24. The number of carboxylic acids is 1. The highest BCUT2D eigenvalue weighted by Gasteiger charge is 2.35. The molecule has 1 aromatic rings. The fourth-order valence-corrected chi connectivity index (χ4v) is 2.04. The molecule has 0 spiro atoms. The Hall–Kier alpha value is -1.55. The number of carboxylic acid groups (broad SMARTS) is 1. The van der Waals surface area contributed by atoms with Gasteiger partial charge < -0.3 is 15.6 Å². The summed E-state index contributed by atoms with van der Waals surface area (Å²) in [5.74, 6) is -0.151. The van der Waals surface area contributed by atoms with E-state index in [1.165, 1.54) is 0 Å². The van der Waals surface area contributed by atoms with Crippen LogP contribution in [-0.2, 0) is 10.2 Å². The SMILES string of the molecule is CCOc1ccccc1C(C)(CC(=O)O)C(C)N. The number of hydrogen-bond acceptors (Lipinski definition) is 3. The quantitative estimate of drug-likeness (QED) is 0.812. The zero-order chi connectivity index (χ0) is 13.8. The van der Waals surface area contributed by atoms with Crippen LogP contribution in [0.1, 0.15) is 32.8 Å². The van der Waals surface area contributed by atoms with E-state index in [9.17, 15) is 4.79 Å². The third-order valence-electron chi connectivity index (χ3n) is 3.33. The number of para-hydroxylation sites is 1. The highest BCUT2D eigenvalue weighted by molar-refractivity contribution is 5.69. The van der Waals surface area contributed by atoms with E-state index in [0.29, 0.717) is 12.4 Å². The van der Waals surface area contributed by atoms with Crippen LogP contribution in [0.5, 0.6) is 5.75 Å². The molecule has 0 aromatic heterocycles. The summed E-state index contributed by atoms with van der Waals surface area (Å²) in [6.45, 7) is 6.13. The van der Waals surface area contributed by atoms with E-state index in [0.717, 1.165) is 5.56 Å². The number of rotatable bonds is 6. The molecular formula is C14H21NO3. The Bertz CT molecular complexity index is 417. The van der Waals surface area contributed by atoms with Gasteiger partial charge in [-0.15, -0.1) is 0 Å². The topological polar surface area (TPSA) is 72.5 Å². The minimum absolute atomic E-state index is 0.0191. The van der Waals surface area contributed by atoms with E-state index >= 15 is 0 Å². The number of nitrogens with two attached hydrogens (primary N) is 1. The summed E-state index contributed by atoms with van der Waals surface area (Å²) in [5.41, 5.74) is 6.21. The first-order chi connectivity index (χ1) is 8.41. The van der Waals surface area contributed by atoms with Crippen molar-refractivity contribution in [2.24, 2.45) is 5.73 Å². The summed E-state index contributed by atoms with van der Waals surface area (Å²) >= 11 is 0. The van der Waals surface area contributed by atoms with E-state index in [-0.39, 0.29) is 12.5 Å². The van der Waals surface area contributed by atoms with Crippen LogP contribution >= 0.6 is 0 Å². The molecule has 0 aliphatic heterocycles. The van der Waals surface area contributed by atoms with Crippen LogP contribution in [0.25, 0.3) is 0 Å². The van der Waals surface area contributed by atoms with Gasteiger partial charge in [0.25, 0.3) is 0 Å². The predicted molar refractivity (Wildman–Crippen MR) is 70.9 cm³/mol. The average molecular weight is 251 g/mol. The Morgan fingerprint density at radius 3 is 2.61 bits per heavy atom. The minimum Gasteiger partial charge on any atom is -0.494 e. The molecule has 0 aliphatic rings. The second-order valence-corrected chi connectivity index (χ2v) is 4.71. The Morgan fingerprint density at radius 1 is 1.50 bits per heavy atom. The summed E-state index contributed by atoms with van der Waals surface area (Å²) < 4.78 is 5.57. The van der Waals surface area contributed by atoms with Crippen molar-refractivity contribution in [3.05, 3.63) is 29.8 Å². The fourth-order valence-electron chi connectivity index (χ4n) is 2.04. The van der Waals surface area contributed by atoms with Gasteiger partial charge in [0.05, 0.1) is 13.0 Å². The molecule has 0 radical (unpaired) electrons. The van der Waals surface area contributed by atoms with Crippen LogP contribution in [0.4, 0.5) is 0 Å². The first-order valence-corrected chi connectivity index (χ1v) is 6.11. The maximum absolute atomic E-state index is 11.1. The molecular weight excluding hydrogens is 230 g/mol. The van der Waals surface area contributed by atoms with Crippen molar-refractivity contribution in [1.29, 1.82) is 0 Å². The van der Waals surface area contributed by atoms with Crippen molar-refractivity contribution in [3.8, 4) is 5.75 Å². The van der Waals surface area contributed by atoms with Crippen molar-refractivity contribution in [3.63, 3.8) is 0 Å². The van der Waals surface area contributed by atoms with E-state index in [2.05, 4.69) is 0 Å². The van der Waals surface area contributed by atoms with Gasteiger partial charge in [-0.05, 0) is 19.9 Å². The second-order valence-electron chi connectivity index (χ2n) is 4.71. The molecule has 0 aliphatic carbocycles.